The largest absolute Gasteiger partial charge is 0.362 e. The van der Waals surface area contributed by atoms with Crippen LogP contribution in [0, 0.1) is 13.8 Å². The lowest BCUT2D eigenvalue weighted by Gasteiger charge is -2.07. The minimum absolute atomic E-state index is 0.157. The number of pyridine rings is 1. The van der Waals surface area contributed by atoms with E-state index in [2.05, 4.69) is 10.3 Å². The molecule has 2 N–H and O–H groups in total. The van der Waals surface area contributed by atoms with Gasteiger partial charge in [0, 0.05) is 23.1 Å². The number of nitrogens with one attached hydrogen (secondary N) is 2. The third kappa shape index (κ3) is 2.48. The predicted molar refractivity (Wildman–Crippen MR) is 70.9 cm³/mol. The van der Waals surface area contributed by atoms with Crippen molar-refractivity contribution in [1.29, 1.82) is 0 Å². The smallest absolute Gasteiger partial charge is 0.261 e. The lowest BCUT2D eigenvalue weighted by Crippen LogP contribution is -2.23. The summed E-state index contributed by atoms with van der Waals surface area (Å²) in [6.45, 7) is 3.50. The number of carbonyl (C=O) groups excluding carboxylic acids is 1. The average Bonchev–Trinajstić information content (AvgIpc) is 2.28. The quantitative estimate of drug-likeness (QED) is 0.848. The summed E-state index contributed by atoms with van der Waals surface area (Å²) < 4.78 is 0. The summed E-state index contributed by atoms with van der Waals surface area (Å²) in [6, 6.07) is 10.5. The molecular formula is C14H14N2O2. The van der Waals surface area contributed by atoms with E-state index in [1.165, 1.54) is 6.07 Å². The molecule has 18 heavy (non-hydrogen) atoms. The lowest BCUT2D eigenvalue weighted by atomic mass is 10.1. The van der Waals surface area contributed by atoms with Gasteiger partial charge < -0.3 is 10.3 Å². The molecule has 2 rings (SSSR count). The molecular weight excluding hydrogens is 228 g/mol. The van der Waals surface area contributed by atoms with Crippen LogP contribution in [-0.2, 0) is 0 Å². The van der Waals surface area contributed by atoms with E-state index in [0.717, 1.165) is 5.69 Å². The zero-order valence-corrected chi connectivity index (χ0v) is 10.3. The van der Waals surface area contributed by atoms with E-state index in [0.29, 0.717) is 11.4 Å². The molecule has 4 nitrogen and oxygen atoms in total. The van der Waals surface area contributed by atoms with Gasteiger partial charge in [-0.3, -0.25) is 9.59 Å². The van der Waals surface area contributed by atoms with Crippen LogP contribution in [0.25, 0.3) is 0 Å². The molecule has 1 aromatic carbocycles. The number of hydrogen-bond acceptors (Lipinski definition) is 2. The Morgan fingerprint density at radius 2 is 1.83 bits per heavy atom. The number of H-pyrrole nitrogens is 1. The molecule has 0 spiro atoms. The van der Waals surface area contributed by atoms with Gasteiger partial charge in [-0.05, 0) is 26.0 Å². The maximum absolute atomic E-state index is 12.0. The third-order valence-electron chi connectivity index (χ3n) is 2.61. The monoisotopic (exact) mass is 242 g/mol. The van der Waals surface area contributed by atoms with Gasteiger partial charge in [0.25, 0.3) is 5.91 Å². The molecule has 0 saturated heterocycles. The highest BCUT2D eigenvalue weighted by Crippen LogP contribution is 2.08. The molecule has 0 radical (unpaired) electrons. The topological polar surface area (TPSA) is 62.0 Å². The SMILES string of the molecule is Cc1cc(=O)c(C(=O)Nc2ccccc2)c(C)[nH]1. The first-order valence-corrected chi connectivity index (χ1v) is 5.65. The maximum Gasteiger partial charge on any atom is 0.261 e. The first kappa shape index (κ1) is 12.1. The third-order valence-corrected chi connectivity index (χ3v) is 2.61. The number of benzene rings is 1. The van der Waals surface area contributed by atoms with Gasteiger partial charge in [-0.2, -0.15) is 0 Å². The van der Waals surface area contributed by atoms with Crippen molar-refractivity contribution in [2.45, 2.75) is 13.8 Å². The Labute approximate surface area is 105 Å². The van der Waals surface area contributed by atoms with Crippen LogP contribution >= 0.6 is 0 Å². The number of carbonyl (C=O) groups is 1. The van der Waals surface area contributed by atoms with Crippen LogP contribution in [0.3, 0.4) is 0 Å². The zero-order valence-electron chi connectivity index (χ0n) is 10.3. The molecule has 2 aromatic rings. The van der Waals surface area contributed by atoms with Crippen molar-refractivity contribution in [3.8, 4) is 0 Å². The lowest BCUT2D eigenvalue weighted by molar-refractivity contribution is 0.102. The molecule has 0 aliphatic carbocycles. The van der Waals surface area contributed by atoms with Crippen LogP contribution in [0.2, 0.25) is 0 Å². The molecule has 1 aromatic heterocycles. The van der Waals surface area contributed by atoms with Crippen LogP contribution in [0.5, 0.6) is 0 Å². The molecule has 4 heteroatoms. The second kappa shape index (κ2) is 4.87. The zero-order chi connectivity index (χ0) is 13.1. The van der Waals surface area contributed by atoms with E-state index in [-0.39, 0.29) is 16.9 Å². The number of aryl methyl sites for hydroxylation is 2. The fourth-order valence-electron chi connectivity index (χ4n) is 1.85. The number of hydrogen-bond donors (Lipinski definition) is 2. The average molecular weight is 242 g/mol. The number of anilines is 1. The van der Waals surface area contributed by atoms with Gasteiger partial charge in [-0.15, -0.1) is 0 Å². The number of aromatic amines is 1. The minimum atomic E-state index is -0.389. The van der Waals surface area contributed by atoms with Crippen LogP contribution in [0.4, 0.5) is 5.69 Å². The predicted octanol–water partition coefficient (Wildman–Crippen LogP) is 2.24. The Bertz CT molecular complexity index is 630. The standard InChI is InChI=1S/C14H14N2O2/c1-9-8-12(17)13(10(2)15-9)14(18)16-11-6-4-3-5-7-11/h3-8H,1-2H3,(H,15,17)(H,16,18). The highest BCUT2D eigenvalue weighted by Gasteiger charge is 2.14. The summed E-state index contributed by atoms with van der Waals surface area (Å²) in [6.07, 6.45) is 0. The van der Waals surface area contributed by atoms with Gasteiger partial charge in [0.05, 0.1) is 0 Å². The summed E-state index contributed by atoms with van der Waals surface area (Å²) in [5.41, 5.74) is 1.88. The Hall–Kier alpha value is -2.36. The second-order valence-electron chi connectivity index (χ2n) is 4.14. The van der Waals surface area contributed by atoms with Crippen LogP contribution < -0.4 is 10.7 Å². The molecule has 0 bridgehead atoms. The Balaban J connectivity index is 2.33. The van der Waals surface area contributed by atoms with Crippen LogP contribution in [0.1, 0.15) is 21.7 Å². The highest BCUT2D eigenvalue weighted by molar-refractivity contribution is 6.04. The van der Waals surface area contributed by atoms with E-state index in [4.69, 9.17) is 0 Å². The highest BCUT2D eigenvalue weighted by atomic mass is 16.2. The summed E-state index contributed by atoms with van der Waals surface area (Å²) in [7, 11) is 0. The summed E-state index contributed by atoms with van der Waals surface area (Å²) in [4.78, 5) is 26.8. The molecule has 0 aliphatic heterocycles. The molecule has 0 atom stereocenters. The molecule has 0 fully saturated rings. The first-order valence-electron chi connectivity index (χ1n) is 5.65. The van der Waals surface area contributed by atoms with Crippen molar-refractivity contribution in [2.24, 2.45) is 0 Å². The molecule has 1 heterocycles. The normalized spacial score (nSPS) is 10.1. The number of para-hydroxylation sites is 1. The van der Waals surface area contributed by atoms with E-state index in [1.54, 1.807) is 26.0 Å². The molecule has 1 amide bonds. The Morgan fingerprint density at radius 1 is 1.17 bits per heavy atom. The molecule has 92 valence electrons. The Morgan fingerprint density at radius 3 is 2.44 bits per heavy atom. The maximum atomic E-state index is 12.0. The van der Waals surface area contributed by atoms with Crippen molar-refractivity contribution in [3.63, 3.8) is 0 Å². The molecule has 0 aliphatic rings. The van der Waals surface area contributed by atoms with Crippen LogP contribution in [-0.4, -0.2) is 10.9 Å². The molecule has 0 unspecified atom stereocenters. The van der Waals surface area contributed by atoms with Crippen LogP contribution in [0.15, 0.2) is 41.2 Å². The summed E-state index contributed by atoms with van der Waals surface area (Å²) in [5, 5.41) is 2.70. The van der Waals surface area contributed by atoms with Gasteiger partial charge in [0.1, 0.15) is 5.56 Å². The van der Waals surface area contributed by atoms with Gasteiger partial charge in [0.15, 0.2) is 5.43 Å². The van der Waals surface area contributed by atoms with E-state index in [1.807, 2.05) is 18.2 Å². The first-order chi connectivity index (χ1) is 8.58. The fraction of sp³-hybridized carbons (Fsp3) is 0.143. The molecule has 0 saturated carbocycles. The minimum Gasteiger partial charge on any atom is -0.362 e. The van der Waals surface area contributed by atoms with E-state index in [9.17, 15) is 9.59 Å². The van der Waals surface area contributed by atoms with Crippen molar-refractivity contribution < 1.29 is 4.79 Å². The fourth-order valence-corrected chi connectivity index (χ4v) is 1.85. The van der Waals surface area contributed by atoms with E-state index >= 15 is 0 Å². The number of aromatic nitrogens is 1. The second-order valence-corrected chi connectivity index (χ2v) is 4.14. The van der Waals surface area contributed by atoms with Gasteiger partial charge >= 0.3 is 0 Å². The van der Waals surface area contributed by atoms with Crippen molar-refractivity contribution in [2.75, 3.05) is 5.32 Å². The van der Waals surface area contributed by atoms with Crippen molar-refractivity contribution in [3.05, 3.63) is 63.6 Å². The van der Waals surface area contributed by atoms with Gasteiger partial charge in [-0.25, -0.2) is 0 Å². The van der Waals surface area contributed by atoms with Crippen molar-refractivity contribution >= 4 is 11.6 Å². The van der Waals surface area contributed by atoms with Crippen molar-refractivity contribution in [1.82, 2.24) is 4.98 Å². The van der Waals surface area contributed by atoms with Gasteiger partial charge in [0.2, 0.25) is 0 Å². The summed E-state index contributed by atoms with van der Waals surface area (Å²) in [5.74, 6) is -0.389. The number of amides is 1. The van der Waals surface area contributed by atoms with Gasteiger partial charge in [-0.1, -0.05) is 18.2 Å². The Kier molecular flexibility index (Phi) is 3.28. The number of rotatable bonds is 2. The summed E-state index contributed by atoms with van der Waals surface area (Å²) >= 11 is 0. The van der Waals surface area contributed by atoms with E-state index < -0.39 is 0 Å².